The van der Waals surface area contributed by atoms with E-state index in [2.05, 4.69) is 31.2 Å². The maximum Gasteiger partial charge on any atom is 0.316 e. The number of methoxy groups -OCH3 is 1. The van der Waals surface area contributed by atoms with E-state index in [-0.39, 0.29) is 5.97 Å². The van der Waals surface area contributed by atoms with Crippen LogP contribution >= 0.6 is 0 Å². The zero-order valence-corrected chi connectivity index (χ0v) is 10.4. The molecule has 92 valence electrons. The average molecular weight is 234 g/mol. The van der Waals surface area contributed by atoms with Crippen molar-refractivity contribution in [1.82, 2.24) is 0 Å². The lowest BCUT2D eigenvalue weighted by atomic mass is 9.79. The van der Waals surface area contributed by atoms with E-state index in [1.807, 2.05) is 0 Å². The minimum absolute atomic E-state index is 0.164. The van der Waals surface area contributed by atoms with Gasteiger partial charge in [-0.3, -0.25) is 4.79 Å². The van der Waals surface area contributed by atoms with Gasteiger partial charge < -0.3 is 9.47 Å². The second-order valence-corrected chi connectivity index (χ2v) is 4.61. The Labute approximate surface area is 102 Å². The molecule has 0 aromatic heterocycles. The van der Waals surface area contributed by atoms with Gasteiger partial charge in [0.25, 0.3) is 0 Å². The molecule has 3 heteroatoms. The minimum atomic E-state index is -0.456. The first-order valence-corrected chi connectivity index (χ1v) is 5.94. The summed E-state index contributed by atoms with van der Waals surface area (Å²) in [6, 6.07) is 8.39. The summed E-state index contributed by atoms with van der Waals surface area (Å²) < 4.78 is 10.0. The van der Waals surface area contributed by atoms with E-state index in [9.17, 15) is 4.79 Å². The van der Waals surface area contributed by atoms with Crippen molar-refractivity contribution in [3.05, 3.63) is 35.4 Å². The Morgan fingerprint density at radius 2 is 1.88 bits per heavy atom. The molecule has 1 heterocycles. The number of ether oxygens (including phenoxy) is 2. The number of hydrogen-bond donors (Lipinski definition) is 0. The minimum Gasteiger partial charge on any atom is -0.468 e. The molecule has 0 atom stereocenters. The van der Waals surface area contributed by atoms with E-state index >= 15 is 0 Å². The Morgan fingerprint density at radius 1 is 1.29 bits per heavy atom. The highest BCUT2D eigenvalue weighted by molar-refractivity contribution is 5.78. The van der Waals surface area contributed by atoms with E-state index in [1.54, 1.807) is 0 Å². The van der Waals surface area contributed by atoms with E-state index < -0.39 is 5.41 Å². The highest BCUT2D eigenvalue weighted by atomic mass is 16.5. The summed E-state index contributed by atoms with van der Waals surface area (Å²) >= 11 is 0. The van der Waals surface area contributed by atoms with E-state index in [1.165, 1.54) is 12.7 Å². The summed E-state index contributed by atoms with van der Waals surface area (Å²) in [5.74, 6) is -0.164. The van der Waals surface area contributed by atoms with Crippen molar-refractivity contribution in [1.29, 1.82) is 0 Å². The molecule has 17 heavy (non-hydrogen) atoms. The number of rotatable bonds is 4. The second-order valence-electron chi connectivity index (χ2n) is 4.61. The van der Waals surface area contributed by atoms with Crippen molar-refractivity contribution in [2.45, 2.75) is 19.8 Å². The Morgan fingerprint density at radius 3 is 2.29 bits per heavy atom. The number of carbonyl (C=O) groups excluding carboxylic acids is 1. The third-order valence-corrected chi connectivity index (χ3v) is 3.35. The predicted octanol–water partition coefficient (Wildman–Crippen LogP) is 1.98. The van der Waals surface area contributed by atoms with Crippen LogP contribution in [0.3, 0.4) is 0 Å². The van der Waals surface area contributed by atoms with Gasteiger partial charge in [-0.1, -0.05) is 31.2 Å². The van der Waals surface area contributed by atoms with Crippen molar-refractivity contribution >= 4 is 5.97 Å². The number of hydrogen-bond acceptors (Lipinski definition) is 3. The summed E-state index contributed by atoms with van der Waals surface area (Å²) in [7, 11) is 1.43. The SMILES string of the molecule is CCc1ccc(CC2(C(=O)OC)COC2)cc1. The molecule has 1 aromatic rings. The number of esters is 1. The molecule has 1 aliphatic heterocycles. The van der Waals surface area contributed by atoms with E-state index in [0.29, 0.717) is 19.6 Å². The van der Waals surface area contributed by atoms with Crippen LogP contribution in [-0.2, 0) is 27.1 Å². The molecule has 0 aliphatic carbocycles. The van der Waals surface area contributed by atoms with Crippen molar-refractivity contribution in [2.24, 2.45) is 5.41 Å². The number of benzene rings is 1. The molecule has 1 aromatic carbocycles. The van der Waals surface area contributed by atoms with Gasteiger partial charge in [0.1, 0.15) is 5.41 Å². The molecule has 1 saturated heterocycles. The molecule has 0 saturated carbocycles. The first-order chi connectivity index (χ1) is 8.20. The lowest BCUT2D eigenvalue weighted by Crippen LogP contribution is -2.51. The predicted molar refractivity (Wildman–Crippen MR) is 64.8 cm³/mol. The van der Waals surface area contributed by atoms with Crippen LogP contribution in [0, 0.1) is 5.41 Å². The van der Waals surface area contributed by atoms with Gasteiger partial charge >= 0.3 is 5.97 Å². The van der Waals surface area contributed by atoms with Gasteiger partial charge in [-0.2, -0.15) is 0 Å². The zero-order chi connectivity index (χ0) is 12.3. The van der Waals surface area contributed by atoms with Gasteiger partial charge in [0, 0.05) is 0 Å². The van der Waals surface area contributed by atoms with Gasteiger partial charge in [0.05, 0.1) is 20.3 Å². The smallest absolute Gasteiger partial charge is 0.316 e. The van der Waals surface area contributed by atoms with Crippen molar-refractivity contribution in [2.75, 3.05) is 20.3 Å². The molecule has 2 rings (SSSR count). The van der Waals surface area contributed by atoms with Crippen LogP contribution in [0.1, 0.15) is 18.1 Å². The first kappa shape index (κ1) is 12.1. The second kappa shape index (κ2) is 4.88. The van der Waals surface area contributed by atoms with Crippen molar-refractivity contribution < 1.29 is 14.3 Å². The molecule has 1 fully saturated rings. The van der Waals surface area contributed by atoms with Crippen LogP contribution in [0.25, 0.3) is 0 Å². The summed E-state index contributed by atoms with van der Waals surface area (Å²) in [5, 5.41) is 0. The maximum atomic E-state index is 11.7. The van der Waals surface area contributed by atoms with Crippen LogP contribution in [0.5, 0.6) is 0 Å². The first-order valence-electron chi connectivity index (χ1n) is 5.94. The Balaban J connectivity index is 2.10. The Hall–Kier alpha value is -1.35. The monoisotopic (exact) mass is 234 g/mol. The standard InChI is InChI=1S/C14H18O3/c1-3-11-4-6-12(7-5-11)8-14(9-17-10-14)13(15)16-2/h4-7H,3,8-10H2,1-2H3. The molecule has 0 spiro atoms. The lowest BCUT2D eigenvalue weighted by Gasteiger charge is -2.38. The molecule has 0 bridgehead atoms. The van der Waals surface area contributed by atoms with Crippen LogP contribution in [0.15, 0.2) is 24.3 Å². The zero-order valence-electron chi connectivity index (χ0n) is 10.4. The summed E-state index contributed by atoms with van der Waals surface area (Å²) in [6.07, 6.45) is 1.73. The van der Waals surface area contributed by atoms with E-state index in [4.69, 9.17) is 9.47 Å². The highest BCUT2D eigenvalue weighted by Crippen LogP contribution is 2.33. The van der Waals surface area contributed by atoms with Crippen LogP contribution in [0.4, 0.5) is 0 Å². The van der Waals surface area contributed by atoms with Crippen LogP contribution in [0.2, 0.25) is 0 Å². The average Bonchev–Trinajstić information content (AvgIpc) is 2.33. The molecule has 1 aliphatic rings. The fraction of sp³-hybridized carbons (Fsp3) is 0.500. The highest BCUT2D eigenvalue weighted by Gasteiger charge is 2.46. The molecular weight excluding hydrogens is 216 g/mol. The van der Waals surface area contributed by atoms with Gasteiger partial charge in [-0.25, -0.2) is 0 Å². The van der Waals surface area contributed by atoms with Gasteiger partial charge in [0.15, 0.2) is 0 Å². The van der Waals surface area contributed by atoms with Crippen molar-refractivity contribution in [3.8, 4) is 0 Å². The summed E-state index contributed by atoms with van der Waals surface area (Å²) in [5.41, 5.74) is 2.02. The lowest BCUT2D eigenvalue weighted by molar-refractivity contribution is -0.182. The number of carbonyl (C=O) groups is 1. The summed E-state index contributed by atoms with van der Waals surface area (Å²) in [4.78, 5) is 11.7. The molecule has 3 nitrogen and oxygen atoms in total. The third-order valence-electron chi connectivity index (χ3n) is 3.35. The fourth-order valence-corrected chi connectivity index (χ4v) is 2.14. The third kappa shape index (κ3) is 2.34. The van der Waals surface area contributed by atoms with Gasteiger partial charge in [-0.05, 0) is 24.0 Å². The molecule has 0 N–H and O–H groups in total. The van der Waals surface area contributed by atoms with Crippen LogP contribution in [-0.4, -0.2) is 26.3 Å². The number of aryl methyl sites for hydroxylation is 1. The molecule has 0 radical (unpaired) electrons. The normalized spacial score (nSPS) is 17.3. The Bertz CT molecular complexity index is 390. The fourth-order valence-electron chi connectivity index (χ4n) is 2.14. The molecule has 0 unspecified atom stereocenters. The van der Waals surface area contributed by atoms with E-state index in [0.717, 1.165) is 12.0 Å². The Kier molecular flexibility index (Phi) is 3.48. The largest absolute Gasteiger partial charge is 0.468 e. The van der Waals surface area contributed by atoms with Crippen molar-refractivity contribution in [3.63, 3.8) is 0 Å². The molecular formula is C14H18O3. The topological polar surface area (TPSA) is 35.5 Å². The van der Waals surface area contributed by atoms with Gasteiger partial charge in [0.2, 0.25) is 0 Å². The van der Waals surface area contributed by atoms with Crippen LogP contribution < -0.4 is 0 Å². The maximum absolute atomic E-state index is 11.7. The summed E-state index contributed by atoms with van der Waals surface area (Å²) in [6.45, 7) is 3.06. The van der Waals surface area contributed by atoms with Gasteiger partial charge in [-0.15, -0.1) is 0 Å². The molecule has 0 amide bonds. The quantitative estimate of drug-likeness (QED) is 0.747.